The Morgan fingerprint density at radius 1 is 1.21 bits per heavy atom. The number of halogens is 1. The van der Waals surface area contributed by atoms with E-state index in [4.69, 9.17) is 16.3 Å². The summed E-state index contributed by atoms with van der Waals surface area (Å²) >= 11 is 5.83. The van der Waals surface area contributed by atoms with Crippen molar-refractivity contribution in [2.24, 2.45) is 0 Å². The number of nitrogens with zero attached hydrogens (tertiary/aromatic N) is 1. The Morgan fingerprint density at radius 2 is 2.00 bits per heavy atom. The van der Waals surface area contributed by atoms with E-state index in [0.29, 0.717) is 22.3 Å². The molecule has 0 radical (unpaired) electrons. The summed E-state index contributed by atoms with van der Waals surface area (Å²) in [5, 5.41) is 5.88. The SMILES string of the molecule is COc1ccc(NC(=O)Nc2cccc(Cl)c2)cn1. The van der Waals surface area contributed by atoms with Crippen LogP contribution in [0.15, 0.2) is 42.6 Å². The highest BCUT2D eigenvalue weighted by atomic mass is 35.5. The maximum Gasteiger partial charge on any atom is 0.323 e. The molecule has 0 saturated carbocycles. The fraction of sp³-hybridized carbons (Fsp3) is 0.0769. The highest BCUT2D eigenvalue weighted by molar-refractivity contribution is 6.30. The Bertz CT molecular complexity index is 572. The first kappa shape index (κ1) is 13.2. The number of amides is 2. The van der Waals surface area contributed by atoms with E-state index in [1.165, 1.54) is 13.3 Å². The van der Waals surface area contributed by atoms with Gasteiger partial charge in [0.15, 0.2) is 0 Å². The first-order chi connectivity index (χ1) is 9.17. The van der Waals surface area contributed by atoms with Crippen molar-refractivity contribution in [1.82, 2.24) is 4.98 Å². The number of ether oxygens (including phenoxy) is 1. The number of methoxy groups -OCH3 is 1. The van der Waals surface area contributed by atoms with E-state index in [-0.39, 0.29) is 6.03 Å². The van der Waals surface area contributed by atoms with E-state index in [1.807, 2.05) is 0 Å². The summed E-state index contributed by atoms with van der Waals surface area (Å²) in [6.45, 7) is 0. The number of hydrogen-bond acceptors (Lipinski definition) is 3. The third-order valence-corrected chi connectivity index (χ3v) is 2.52. The summed E-state index contributed by atoms with van der Waals surface area (Å²) in [5.41, 5.74) is 1.19. The van der Waals surface area contributed by atoms with Gasteiger partial charge in [0.05, 0.1) is 19.0 Å². The number of benzene rings is 1. The Kier molecular flexibility index (Phi) is 4.20. The molecule has 0 aliphatic heterocycles. The number of hydrogen-bond donors (Lipinski definition) is 2. The van der Waals surface area contributed by atoms with Gasteiger partial charge in [0.2, 0.25) is 5.88 Å². The van der Waals surface area contributed by atoms with Crippen LogP contribution in [0.25, 0.3) is 0 Å². The highest BCUT2D eigenvalue weighted by Gasteiger charge is 2.03. The van der Waals surface area contributed by atoms with Crippen LogP contribution in [0.2, 0.25) is 5.02 Å². The Balaban J connectivity index is 1.97. The van der Waals surface area contributed by atoms with E-state index < -0.39 is 0 Å². The lowest BCUT2D eigenvalue weighted by atomic mass is 10.3. The van der Waals surface area contributed by atoms with E-state index in [2.05, 4.69) is 15.6 Å². The molecule has 1 heterocycles. The normalized spacial score (nSPS) is 9.79. The molecular formula is C13H12ClN3O2. The largest absolute Gasteiger partial charge is 0.481 e. The molecule has 1 aromatic heterocycles. The molecule has 0 unspecified atom stereocenters. The fourth-order valence-electron chi connectivity index (χ4n) is 1.43. The monoisotopic (exact) mass is 277 g/mol. The summed E-state index contributed by atoms with van der Waals surface area (Å²) in [5.74, 6) is 0.487. The lowest BCUT2D eigenvalue weighted by molar-refractivity contribution is 0.262. The summed E-state index contributed by atoms with van der Waals surface area (Å²) in [4.78, 5) is 15.7. The average molecular weight is 278 g/mol. The Labute approximate surface area is 115 Å². The standard InChI is InChI=1S/C13H12ClN3O2/c1-19-12-6-5-11(8-15-12)17-13(18)16-10-4-2-3-9(14)7-10/h2-8H,1H3,(H2,16,17,18). The molecule has 0 atom stereocenters. The summed E-state index contributed by atoms with van der Waals surface area (Å²) in [7, 11) is 1.53. The molecule has 0 aliphatic carbocycles. The molecule has 98 valence electrons. The number of urea groups is 1. The number of nitrogens with one attached hydrogen (secondary N) is 2. The van der Waals surface area contributed by atoms with Gasteiger partial charge in [-0.2, -0.15) is 0 Å². The first-order valence-electron chi connectivity index (χ1n) is 5.51. The zero-order valence-corrected chi connectivity index (χ0v) is 10.9. The van der Waals surface area contributed by atoms with Crippen molar-refractivity contribution < 1.29 is 9.53 Å². The van der Waals surface area contributed by atoms with Gasteiger partial charge in [-0.25, -0.2) is 9.78 Å². The molecule has 6 heteroatoms. The second-order valence-electron chi connectivity index (χ2n) is 3.68. The Hall–Kier alpha value is -2.27. The molecule has 0 fully saturated rings. The number of carbonyl (C=O) groups excluding carboxylic acids is 1. The summed E-state index contributed by atoms with van der Waals surface area (Å²) in [6.07, 6.45) is 1.51. The van der Waals surface area contributed by atoms with Gasteiger partial charge in [-0.05, 0) is 24.3 Å². The van der Waals surface area contributed by atoms with Crippen LogP contribution in [0.4, 0.5) is 16.2 Å². The van der Waals surface area contributed by atoms with Gasteiger partial charge in [0.1, 0.15) is 0 Å². The van der Waals surface area contributed by atoms with Gasteiger partial charge in [-0.3, -0.25) is 0 Å². The molecule has 1 aromatic carbocycles. The van der Waals surface area contributed by atoms with Gasteiger partial charge in [-0.1, -0.05) is 17.7 Å². The van der Waals surface area contributed by atoms with Crippen molar-refractivity contribution in [3.8, 4) is 5.88 Å². The van der Waals surface area contributed by atoms with Crippen molar-refractivity contribution in [3.05, 3.63) is 47.6 Å². The smallest absolute Gasteiger partial charge is 0.323 e. The second kappa shape index (κ2) is 6.06. The predicted octanol–water partition coefficient (Wildman–Crippen LogP) is 3.39. The molecule has 2 rings (SSSR count). The molecular weight excluding hydrogens is 266 g/mol. The summed E-state index contributed by atoms with van der Waals surface area (Å²) < 4.78 is 4.93. The van der Waals surface area contributed by atoms with E-state index >= 15 is 0 Å². The maximum absolute atomic E-state index is 11.7. The predicted molar refractivity (Wildman–Crippen MR) is 74.9 cm³/mol. The molecule has 0 bridgehead atoms. The van der Waals surface area contributed by atoms with Crippen molar-refractivity contribution >= 4 is 29.0 Å². The van der Waals surface area contributed by atoms with Crippen LogP contribution >= 0.6 is 11.6 Å². The molecule has 19 heavy (non-hydrogen) atoms. The minimum Gasteiger partial charge on any atom is -0.481 e. The molecule has 2 amide bonds. The van der Waals surface area contributed by atoms with Crippen LogP contribution in [0.1, 0.15) is 0 Å². The number of pyridine rings is 1. The first-order valence-corrected chi connectivity index (χ1v) is 5.89. The van der Waals surface area contributed by atoms with E-state index in [9.17, 15) is 4.79 Å². The second-order valence-corrected chi connectivity index (χ2v) is 4.12. The minimum absolute atomic E-state index is 0.366. The zero-order chi connectivity index (χ0) is 13.7. The van der Waals surface area contributed by atoms with Crippen LogP contribution in [-0.4, -0.2) is 18.1 Å². The molecule has 2 aromatic rings. The number of rotatable bonds is 3. The number of carbonyl (C=O) groups is 1. The van der Waals surface area contributed by atoms with Crippen molar-refractivity contribution in [2.75, 3.05) is 17.7 Å². The lowest BCUT2D eigenvalue weighted by Gasteiger charge is -2.08. The van der Waals surface area contributed by atoms with E-state index in [0.717, 1.165) is 0 Å². The quantitative estimate of drug-likeness (QED) is 0.904. The van der Waals surface area contributed by atoms with Crippen molar-refractivity contribution in [3.63, 3.8) is 0 Å². The average Bonchev–Trinajstić information content (AvgIpc) is 2.39. The third-order valence-electron chi connectivity index (χ3n) is 2.29. The van der Waals surface area contributed by atoms with Gasteiger partial charge in [0, 0.05) is 16.8 Å². The number of anilines is 2. The van der Waals surface area contributed by atoms with Crippen LogP contribution in [-0.2, 0) is 0 Å². The van der Waals surface area contributed by atoms with Crippen molar-refractivity contribution in [2.45, 2.75) is 0 Å². The molecule has 0 aliphatic rings. The highest BCUT2D eigenvalue weighted by Crippen LogP contribution is 2.16. The van der Waals surface area contributed by atoms with Crippen LogP contribution in [0, 0.1) is 0 Å². The zero-order valence-electron chi connectivity index (χ0n) is 10.2. The Morgan fingerprint density at radius 3 is 2.63 bits per heavy atom. The van der Waals surface area contributed by atoms with Crippen LogP contribution in [0.3, 0.4) is 0 Å². The lowest BCUT2D eigenvalue weighted by Crippen LogP contribution is -2.19. The third kappa shape index (κ3) is 3.86. The molecule has 0 spiro atoms. The van der Waals surface area contributed by atoms with E-state index in [1.54, 1.807) is 36.4 Å². The van der Waals surface area contributed by atoms with Crippen molar-refractivity contribution in [1.29, 1.82) is 0 Å². The maximum atomic E-state index is 11.7. The van der Waals surface area contributed by atoms with Gasteiger partial charge < -0.3 is 15.4 Å². The molecule has 2 N–H and O–H groups in total. The number of aromatic nitrogens is 1. The minimum atomic E-state index is -0.366. The van der Waals surface area contributed by atoms with Crippen LogP contribution < -0.4 is 15.4 Å². The topological polar surface area (TPSA) is 63.2 Å². The summed E-state index contributed by atoms with van der Waals surface area (Å²) in [6, 6.07) is 9.89. The molecule has 5 nitrogen and oxygen atoms in total. The fourth-order valence-corrected chi connectivity index (χ4v) is 1.62. The molecule has 0 saturated heterocycles. The van der Waals surface area contributed by atoms with Gasteiger partial charge >= 0.3 is 6.03 Å². The van der Waals surface area contributed by atoms with Gasteiger partial charge in [0.25, 0.3) is 0 Å². The van der Waals surface area contributed by atoms with Crippen LogP contribution in [0.5, 0.6) is 5.88 Å². The van der Waals surface area contributed by atoms with Gasteiger partial charge in [-0.15, -0.1) is 0 Å².